The highest BCUT2D eigenvalue weighted by Gasteiger charge is 2.10. The van der Waals surface area contributed by atoms with Gasteiger partial charge in [-0.05, 0) is 55.7 Å². The average molecular weight is 291 g/mol. The zero-order valence-electron chi connectivity index (χ0n) is 11.8. The van der Waals surface area contributed by atoms with Crippen molar-refractivity contribution in [2.75, 3.05) is 23.3 Å². The maximum atomic E-state index is 11.2. The van der Waals surface area contributed by atoms with Gasteiger partial charge in [0.1, 0.15) is 0 Å². The summed E-state index contributed by atoms with van der Waals surface area (Å²) in [6.45, 7) is 4.07. The van der Waals surface area contributed by atoms with E-state index in [4.69, 9.17) is 12.2 Å². The van der Waals surface area contributed by atoms with Gasteiger partial charge in [0.25, 0.3) is 0 Å². The van der Waals surface area contributed by atoms with Crippen LogP contribution in [0, 0.1) is 0 Å². The van der Waals surface area contributed by atoms with Gasteiger partial charge < -0.3 is 15.5 Å². The Bertz CT molecular complexity index is 467. The highest BCUT2D eigenvalue weighted by Crippen LogP contribution is 2.21. The molecule has 1 aliphatic rings. The molecule has 0 atom stereocenters. The number of thiocarbonyl (C=S) groups is 1. The first-order chi connectivity index (χ1) is 9.69. The van der Waals surface area contributed by atoms with Crippen molar-refractivity contribution in [1.82, 2.24) is 5.32 Å². The topological polar surface area (TPSA) is 44.4 Å². The van der Waals surface area contributed by atoms with Crippen molar-refractivity contribution < 1.29 is 4.79 Å². The summed E-state index contributed by atoms with van der Waals surface area (Å²) in [7, 11) is 0. The molecular weight excluding hydrogens is 270 g/mol. The van der Waals surface area contributed by atoms with Gasteiger partial charge in [-0.2, -0.15) is 0 Å². The minimum absolute atomic E-state index is 0.0764. The van der Waals surface area contributed by atoms with Crippen LogP contribution in [0.5, 0.6) is 0 Å². The van der Waals surface area contributed by atoms with Crippen LogP contribution >= 0.6 is 12.2 Å². The van der Waals surface area contributed by atoms with Gasteiger partial charge in [-0.25, -0.2) is 0 Å². The SMILES string of the molecule is CCC(=O)NC(=S)Nc1ccc(N2CCCCC2)cc1. The second-order valence-electron chi connectivity index (χ2n) is 4.95. The molecule has 0 saturated carbocycles. The number of amides is 1. The van der Waals surface area contributed by atoms with Crippen LogP contribution in [-0.4, -0.2) is 24.1 Å². The molecule has 20 heavy (non-hydrogen) atoms. The Hall–Kier alpha value is -1.62. The lowest BCUT2D eigenvalue weighted by atomic mass is 10.1. The van der Waals surface area contributed by atoms with Crippen molar-refractivity contribution in [3.8, 4) is 0 Å². The van der Waals surface area contributed by atoms with Crippen LogP contribution in [0.25, 0.3) is 0 Å². The Morgan fingerprint density at radius 3 is 2.45 bits per heavy atom. The van der Waals surface area contributed by atoms with Gasteiger partial charge in [-0.15, -0.1) is 0 Å². The molecule has 5 heteroatoms. The van der Waals surface area contributed by atoms with Crippen molar-refractivity contribution in [1.29, 1.82) is 0 Å². The van der Waals surface area contributed by atoms with E-state index in [1.165, 1.54) is 24.9 Å². The number of nitrogens with zero attached hydrogens (tertiary/aromatic N) is 1. The van der Waals surface area contributed by atoms with Crippen LogP contribution < -0.4 is 15.5 Å². The highest BCUT2D eigenvalue weighted by molar-refractivity contribution is 7.80. The molecule has 0 aromatic heterocycles. The second kappa shape index (κ2) is 7.24. The lowest BCUT2D eigenvalue weighted by Gasteiger charge is -2.28. The fraction of sp³-hybridized carbons (Fsp3) is 0.467. The monoisotopic (exact) mass is 291 g/mol. The third-order valence-electron chi connectivity index (χ3n) is 3.42. The minimum Gasteiger partial charge on any atom is -0.372 e. The van der Waals surface area contributed by atoms with Crippen molar-refractivity contribution in [3.05, 3.63) is 24.3 Å². The van der Waals surface area contributed by atoms with Gasteiger partial charge in [-0.3, -0.25) is 4.79 Å². The third-order valence-corrected chi connectivity index (χ3v) is 3.62. The van der Waals surface area contributed by atoms with E-state index in [9.17, 15) is 4.79 Å². The molecule has 0 spiro atoms. The molecule has 1 aromatic carbocycles. The number of carbonyl (C=O) groups is 1. The molecule has 1 heterocycles. The van der Waals surface area contributed by atoms with Crippen molar-refractivity contribution >= 4 is 34.6 Å². The number of rotatable bonds is 3. The summed E-state index contributed by atoms with van der Waals surface area (Å²) in [5.74, 6) is -0.0764. The summed E-state index contributed by atoms with van der Waals surface area (Å²) in [6, 6.07) is 8.18. The van der Waals surface area contributed by atoms with Gasteiger partial charge >= 0.3 is 0 Å². The Morgan fingerprint density at radius 2 is 1.85 bits per heavy atom. The van der Waals surface area contributed by atoms with Crippen LogP contribution in [0.15, 0.2) is 24.3 Å². The molecule has 1 aromatic rings. The van der Waals surface area contributed by atoms with E-state index in [1.54, 1.807) is 6.92 Å². The first-order valence-corrected chi connectivity index (χ1v) is 7.55. The highest BCUT2D eigenvalue weighted by atomic mass is 32.1. The molecule has 0 aliphatic carbocycles. The van der Waals surface area contributed by atoms with Crippen LogP contribution in [0.1, 0.15) is 32.6 Å². The summed E-state index contributed by atoms with van der Waals surface area (Å²) in [4.78, 5) is 13.6. The first kappa shape index (κ1) is 14.8. The number of hydrogen-bond donors (Lipinski definition) is 2. The van der Waals surface area contributed by atoms with E-state index in [0.29, 0.717) is 11.5 Å². The maximum absolute atomic E-state index is 11.2. The molecule has 0 radical (unpaired) electrons. The van der Waals surface area contributed by atoms with Crippen LogP contribution in [-0.2, 0) is 4.79 Å². The molecule has 1 amide bonds. The molecule has 2 N–H and O–H groups in total. The lowest BCUT2D eigenvalue weighted by Crippen LogP contribution is -2.33. The lowest BCUT2D eigenvalue weighted by molar-refractivity contribution is -0.119. The predicted molar refractivity (Wildman–Crippen MR) is 87.2 cm³/mol. The zero-order valence-corrected chi connectivity index (χ0v) is 12.6. The fourth-order valence-corrected chi connectivity index (χ4v) is 2.52. The quantitative estimate of drug-likeness (QED) is 0.841. The van der Waals surface area contributed by atoms with Crippen LogP contribution in [0.4, 0.5) is 11.4 Å². The normalized spacial score (nSPS) is 14.8. The molecule has 0 bridgehead atoms. The van der Waals surface area contributed by atoms with Gasteiger partial charge in [0.2, 0.25) is 5.91 Å². The van der Waals surface area contributed by atoms with Gasteiger partial charge in [0.05, 0.1) is 0 Å². The molecule has 0 unspecified atom stereocenters. The van der Waals surface area contributed by atoms with Gasteiger partial charge in [-0.1, -0.05) is 6.92 Å². The number of piperidine rings is 1. The van der Waals surface area contributed by atoms with E-state index in [2.05, 4.69) is 27.7 Å². The van der Waals surface area contributed by atoms with Crippen LogP contribution in [0.2, 0.25) is 0 Å². The molecule has 108 valence electrons. The van der Waals surface area contributed by atoms with Gasteiger partial charge in [0, 0.05) is 30.9 Å². The Kier molecular flexibility index (Phi) is 5.35. The number of nitrogens with one attached hydrogen (secondary N) is 2. The largest absolute Gasteiger partial charge is 0.372 e. The maximum Gasteiger partial charge on any atom is 0.225 e. The molecule has 1 saturated heterocycles. The number of anilines is 2. The zero-order chi connectivity index (χ0) is 14.4. The van der Waals surface area contributed by atoms with Crippen molar-refractivity contribution in [2.45, 2.75) is 32.6 Å². The average Bonchev–Trinajstić information content (AvgIpc) is 2.48. The summed E-state index contributed by atoms with van der Waals surface area (Å²) in [5.41, 5.74) is 2.14. The van der Waals surface area contributed by atoms with Crippen molar-refractivity contribution in [2.24, 2.45) is 0 Å². The Morgan fingerprint density at radius 1 is 1.20 bits per heavy atom. The molecule has 1 fully saturated rings. The van der Waals surface area contributed by atoms with E-state index >= 15 is 0 Å². The molecule has 1 aliphatic heterocycles. The number of benzene rings is 1. The molecule has 2 rings (SSSR count). The van der Waals surface area contributed by atoms with E-state index in [1.807, 2.05) is 12.1 Å². The molecular formula is C15H21N3OS. The van der Waals surface area contributed by atoms with E-state index in [-0.39, 0.29) is 5.91 Å². The summed E-state index contributed by atoms with van der Waals surface area (Å²) < 4.78 is 0. The standard InChI is InChI=1S/C15H21N3OS/c1-2-14(19)17-15(20)16-12-6-8-13(9-7-12)18-10-4-3-5-11-18/h6-9H,2-5,10-11H2,1H3,(H2,16,17,19,20). The summed E-state index contributed by atoms with van der Waals surface area (Å²) in [6.07, 6.45) is 4.30. The number of carbonyl (C=O) groups excluding carboxylic acids is 1. The Balaban J connectivity index is 1.90. The van der Waals surface area contributed by atoms with E-state index in [0.717, 1.165) is 18.8 Å². The molecule has 4 nitrogen and oxygen atoms in total. The smallest absolute Gasteiger partial charge is 0.225 e. The summed E-state index contributed by atoms with van der Waals surface area (Å²) in [5, 5.41) is 5.99. The predicted octanol–water partition coefficient (Wildman–Crippen LogP) is 2.90. The fourth-order valence-electron chi connectivity index (χ4n) is 2.29. The Labute approximate surface area is 125 Å². The second-order valence-corrected chi connectivity index (χ2v) is 5.36. The summed E-state index contributed by atoms with van der Waals surface area (Å²) >= 11 is 5.08. The van der Waals surface area contributed by atoms with E-state index < -0.39 is 0 Å². The van der Waals surface area contributed by atoms with Crippen molar-refractivity contribution in [3.63, 3.8) is 0 Å². The minimum atomic E-state index is -0.0764. The van der Waals surface area contributed by atoms with Gasteiger partial charge in [0.15, 0.2) is 5.11 Å². The first-order valence-electron chi connectivity index (χ1n) is 7.15. The third kappa shape index (κ3) is 4.20. The van der Waals surface area contributed by atoms with Crippen LogP contribution in [0.3, 0.4) is 0 Å². The number of hydrogen-bond acceptors (Lipinski definition) is 3.